The van der Waals surface area contributed by atoms with E-state index >= 15 is 0 Å². The van der Waals surface area contributed by atoms with Gasteiger partial charge in [-0.05, 0) is 25.7 Å². The first-order valence-electron chi connectivity index (χ1n) is 5.53. The van der Waals surface area contributed by atoms with E-state index in [2.05, 4.69) is 4.98 Å². The first kappa shape index (κ1) is 12.9. The van der Waals surface area contributed by atoms with Gasteiger partial charge in [0.05, 0.1) is 0 Å². The third-order valence-electron chi connectivity index (χ3n) is 3.00. The molecule has 0 radical (unpaired) electrons. The molecule has 0 atom stereocenters. The summed E-state index contributed by atoms with van der Waals surface area (Å²) in [6.07, 6.45) is 3.51. The third kappa shape index (κ3) is 3.20. The van der Waals surface area contributed by atoms with E-state index in [9.17, 15) is 8.42 Å². The van der Waals surface area contributed by atoms with E-state index in [0.717, 1.165) is 32.6 Å². The molecule has 5 nitrogen and oxygen atoms in total. The van der Waals surface area contributed by atoms with Gasteiger partial charge in [-0.15, -0.1) is 0 Å². The van der Waals surface area contributed by atoms with Crippen LogP contribution in [-0.2, 0) is 20.3 Å². The van der Waals surface area contributed by atoms with Gasteiger partial charge in [0.15, 0.2) is 5.03 Å². The smallest absolute Gasteiger partial charge is 0.280 e. The van der Waals surface area contributed by atoms with Gasteiger partial charge < -0.3 is 9.30 Å². The molecule has 0 spiro atoms. The number of hydrogen-bond acceptors (Lipinski definition) is 4. The molecule has 0 bridgehead atoms. The molecule has 1 aliphatic rings. The van der Waals surface area contributed by atoms with E-state index in [4.69, 9.17) is 15.4 Å². The summed E-state index contributed by atoms with van der Waals surface area (Å²) in [7, 11) is 1.53. The molecule has 0 N–H and O–H groups in total. The lowest BCUT2D eigenvalue weighted by molar-refractivity contribution is 0.0610. The molecule has 2 rings (SSSR count). The van der Waals surface area contributed by atoms with E-state index in [1.165, 1.54) is 6.20 Å². The Morgan fingerprint density at radius 1 is 1.53 bits per heavy atom. The Morgan fingerprint density at radius 2 is 2.18 bits per heavy atom. The van der Waals surface area contributed by atoms with E-state index in [-0.39, 0.29) is 5.03 Å². The van der Waals surface area contributed by atoms with Crippen molar-refractivity contribution in [1.29, 1.82) is 0 Å². The Balaban J connectivity index is 2.13. The quantitative estimate of drug-likeness (QED) is 0.787. The maximum Gasteiger partial charge on any atom is 0.280 e. The standard InChI is InChI=1S/C10H15ClN2O3S/c1-8-12-10(17(11,14)15)7-13(8)6-9-2-4-16-5-3-9/h7,9H,2-6H2,1H3. The molecule has 17 heavy (non-hydrogen) atoms. The maximum absolute atomic E-state index is 11.2. The molecule has 0 aromatic carbocycles. The van der Waals surface area contributed by atoms with Crippen molar-refractivity contribution in [3.63, 3.8) is 0 Å². The molecule has 0 aliphatic carbocycles. The molecule has 2 heterocycles. The normalized spacial score (nSPS) is 18.5. The lowest BCUT2D eigenvalue weighted by atomic mass is 10.0. The second kappa shape index (κ2) is 4.96. The van der Waals surface area contributed by atoms with Gasteiger partial charge in [0.1, 0.15) is 5.82 Å². The zero-order chi connectivity index (χ0) is 12.5. The fraction of sp³-hybridized carbons (Fsp3) is 0.700. The Labute approximate surface area is 105 Å². The SMILES string of the molecule is Cc1nc(S(=O)(=O)Cl)cn1CC1CCOCC1. The largest absolute Gasteiger partial charge is 0.381 e. The molecule has 1 fully saturated rings. The highest BCUT2D eigenvalue weighted by molar-refractivity contribution is 8.13. The van der Waals surface area contributed by atoms with Crippen LogP contribution in [0.2, 0.25) is 0 Å². The molecule has 7 heteroatoms. The van der Waals surface area contributed by atoms with Crippen LogP contribution in [-0.4, -0.2) is 31.2 Å². The Bertz CT molecular complexity index is 492. The summed E-state index contributed by atoms with van der Waals surface area (Å²) in [5.41, 5.74) is 0. The van der Waals surface area contributed by atoms with Crippen LogP contribution in [0.25, 0.3) is 0 Å². The first-order chi connectivity index (χ1) is 7.97. The summed E-state index contributed by atoms with van der Waals surface area (Å²) in [5.74, 6) is 1.19. The summed E-state index contributed by atoms with van der Waals surface area (Å²) in [6.45, 7) is 4.11. The van der Waals surface area contributed by atoms with Crippen molar-refractivity contribution >= 4 is 19.7 Å². The fourth-order valence-electron chi connectivity index (χ4n) is 1.99. The van der Waals surface area contributed by atoms with Crippen LogP contribution in [0.3, 0.4) is 0 Å². The summed E-state index contributed by atoms with van der Waals surface area (Å²) in [6, 6.07) is 0. The Hall–Kier alpha value is -0.590. The van der Waals surface area contributed by atoms with Gasteiger partial charge in [-0.2, -0.15) is 0 Å². The molecule has 1 aromatic heterocycles. The molecule has 1 aliphatic heterocycles. The van der Waals surface area contributed by atoms with Gasteiger partial charge in [0.2, 0.25) is 0 Å². The number of aryl methyl sites for hydroxylation is 1. The number of nitrogens with zero attached hydrogens (tertiary/aromatic N) is 2. The third-order valence-corrected chi connectivity index (χ3v) is 4.17. The highest BCUT2D eigenvalue weighted by Crippen LogP contribution is 2.20. The molecular formula is C10H15ClN2O3S. The summed E-state index contributed by atoms with van der Waals surface area (Å²) in [5, 5.41) is -0.0660. The van der Waals surface area contributed by atoms with Crippen LogP contribution in [0.1, 0.15) is 18.7 Å². The number of imidazole rings is 1. The van der Waals surface area contributed by atoms with Crippen LogP contribution in [0.5, 0.6) is 0 Å². The molecule has 0 saturated carbocycles. The molecular weight excluding hydrogens is 264 g/mol. The van der Waals surface area contributed by atoms with Crippen LogP contribution in [0, 0.1) is 12.8 Å². The van der Waals surface area contributed by atoms with E-state index < -0.39 is 9.05 Å². The van der Waals surface area contributed by atoms with Crippen molar-refractivity contribution in [3.05, 3.63) is 12.0 Å². The highest BCUT2D eigenvalue weighted by atomic mass is 35.7. The number of rotatable bonds is 3. The van der Waals surface area contributed by atoms with Crippen LogP contribution >= 0.6 is 10.7 Å². The van der Waals surface area contributed by atoms with E-state index in [1.807, 2.05) is 4.57 Å². The predicted octanol–water partition coefficient (Wildman–Crippen LogP) is 1.55. The number of hydrogen-bond donors (Lipinski definition) is 0. The molecule has 1 saturated heterocycles. The summed E-state index contributed by atoms with van der Waals surface area (Å²) in [4.78, 5) is 3.96. The van der Waals surface area contributed by atoms with Gasteiger partial charge in [0.25, 0.3) is 9.05 Å². The summed E-state index contributed by atoms with van der Waals surface area (Å²) < 4.78 is 29.5. The first-order valence-corrected chi connectivity index (χ1v) is 7.84. The summed E-state index contributed by atoms with van der Waals surface area (Å²) >= 11 is 0. The van der Waals surface area contributed by atoms with Crippen molar-refractivity contribution in [2.75, 3.05) is 13.2 Å². The fourth-order valence-corrected chi connectivity index (χ4v) is 2.71. The van der Waals surface area contributed by atoms with Gasteiger partial charge in [-0.25, -0.2) is 13.4 Å². The minimum Gasteiger partial charge on any atom is -0.381 e. The topological polar surface area (TPSA) is 61.2 Å². The van der Waals surface area contributed by atoms with Crippen molar-refractivity contribution < 1.29 is 13.2 Å². The van der Waals surface area contributed by atoms with Crippen LogP contribution < -0.4 is 0 Å². The number of ether oxygens (including phenoxy) is 1. The highest BCUT2D eigenvalue weighted by Gasteiger charge is 2.19. The van der Waals surface area contributed by atoms with E-state index in [0.29, 0.717) is 11.7 Å². The van der Waals surface area contributed by atoms with Crippen LogP contribution in [0.4, 0.5) is 0 Å². The molecule has 0 amide bonds. The van der Waals surface area contributed by atoms with Gasteiger partial charge >= 0.3 is 0 Å². The lowest BCUT2D eigenvalue weighted by Crippen LogP contribution is -2.20. The second-order valence-electron chi connectivity index (χ2n) is 4.27. The average molecular weight is 279 g/mol. The van der Waals surface area contributed by atoms with Gasteiger partial charge in [0, 0.05) is 36.6 Å². The minimum absolute atomic E-state index is 0.0660. The monoisotopic (exact) mass is 278 g/mol. The predicted molar refractivity (Wildman–Crippen MR) is 63.5 cm³/mol. The average Bonchev–Trinajstić information content (AvgIpc) is 2.62. The number of halogens is 1. The maximum atomic E-state index is 11.2. The van der Waals surface area contributed by atoms with Crippen molar-refractivity contribution in [3.8, 4) is 0 Å². The van der Waals surface area contributed by atoms with Crippen molar-refractivity contribution in [2.24, 2.45) is 5.92 Å². The Morgan fingerprint density at radius 3 is 2.71 bits per heavy atom. The van der Waals surface area contributed by atoms with Gasteiger partial charge in [-0.3, -0.25) is 0 Å². The Kier molecular flexibility index (Phi) is 3.75. The molecule has 1 aromatic rings. The second-order valence-corrected chi connectivity index (χ2v) is 6.79. The van der Waals surface area contributed by atoms with Crippen molar-refractivity contribution in [1.82, 2.24) is 9.55 Å². The zero-order valence-corrected chi connectivity index (χ0v) is 11.2. The zero-order valence-electron chi connectivity index (χ0n) is 9.60. The van der Waals surface area contributed by atoms with E-state index in [1.54, 1.807) is 6.92 Å². The molecule has 0 unspecified atom stereocenters. The van der Waals surface area contributed by atoms with Crippen molar-refractivity contribution in [2.45, 2.75) is 31.3 Å². The molecule has 96 valence electrons. The number of aromatic nitrogens is 2. The van der Waals surface area contributed by atoms with Gasteiger partial charge in [-0.1, -0.05) is 0 Å². The van der Waals surface area contributed by atoms with Crippen LogP contribution in [0.15, 0.2) is 11.2 Å². The minimum atomic E-state index is -3.73. The lowest BCUT2D eigenvalue weighted by Gasteiger charge is -2.22.